The number of halogens is 1. The maximum atomic E-state index is 11.9. The number of nitrogens with one attached hydrogen (secondary N) is 1. The number of nitrogens with zero attached hydrogens (tertiary/aromatic N) is 1. The summed E-state index contributed by atoms with van der Waals surface area (Å²) in [5.74, 6) is 0.259. The molecule has 0 fully saturated rings. The minimum Gasteiger partial charge on any atom is -0.326 e. The highest BCUT2D eigenvalue weighted by Gasteiger charge is 2.46. The van der Waals surface area contributed by atoms with Crippen molar-refractivity contribution in [1.29, 1.82) is 0 Å². The van der Waals surface area contributed by atoms with Gasteiger partial charge in [-0.3, -0.25) is 9.79 Å². The zero-order valence-electron chi connectivity index (χ0n) is 16.1. The Morgan fingerprint density at radius 1 is 1.25 bits per heavy atom. The second-order valence-electron chi connectivity index (χ2n) is 7.48. The summed E-state index contributed by atoms with van der Waals surface area (Å²) in [5, 5.41) is 0.653. The molecule has 28 heavy (non-hydrogen) atoms. The zero-order chi connectivity index (χ0) is 19.7. The Balaban J connectivity index is 1.82. The van der Waals surface area contributed by atoms with Crippen LogP contribution < -0.4 is 5.56 Å². The number of aromatic nitrogens is 1. The molecule has 0 radical (unpaired) electrons. The van der Waals surface area contributed by atoms with E-state index >= 15 is 0 Å². The monoisotopic (exact) mass is 390 g/mol. The number of H-pyrrole nitrogens is 1. The van der Waals surface area contributed by atoms with Crippen LogP contribution in [0.4, 0.5) is 0 Å². The average Bonchev–Trinajstić information content (AvgIpc) is 2.67. The Kier molecular flexibility index (Phi) is 4.94. The molecular formula is C24H23ClN2O. The van der Waals surface area contributed by atoms with E-state index in [-0.39, 0.29) is 11.5 Å². The van der Waals surface area contributed by atoms with Crippen molar-refractivity contribution in [2.45, 2.75) is 32.2 Å². The van der Waals surface area contributed by atoms with E-state index in [1.807, 2.05) is 48.7 Å². The predicted molar refractivity (Wildman–Crippen MR) is 117 cm³/mol. The number of benzene rings is 1. The second kappa shape index (κ2) is 7.40. The van der Waals surface area contributed by atoms with E-state index in [1.165, 1.54) is 11.1 Å². The van der Waals surface area contributed by atoms with Crippen LogP contribution in [-0.2, 0) is 12.0 Å². The molecule has 1 N–H and O–H groups in total. The minimum atomic E-state index is -0.486. The van der Waals surface area contributed by atoms with Crippen LogP contribution in [0.1, 0.15) is 37.1 Å². The zero-order valence-corrected chi connectivity index (χ0v) is 16.8. The van der Waals surface area contributed by atoms with Gasteiger partial charge >= 0.3 is 0 Å². The summed E-state index contributed by atoms with van der Waals surface area (Å²) in [5.41, 5.74) is 5.10. The maximum absolute atomic E-state index is 11.9. The van der Waals surface area contributed by atoms with Crippen LogP contribution >= 0.6 is 11.6 Å². The molecule has 4 heteroatoms. The van der Waals surface area contributed by atoms with Gasteiger partial charge in [0.15, 0.2) is 0 Å². The van der Waals surface area contributed by atoms with Crippen LogP contribution in [0.3, 0.4) is 0 Å². The Morgan fingerprint density at radius 3 is 2.79 bits per heavy atom. The molecule has 0 aliphatic heterocycles. The molecule has 2 aliphatic rings. The first-order valence-corrected chi connectivity index (χ1v) is 9.94. The van der Waals surface area contributed by atoms with Crippen LogP contribution in [-0.4, -0.2) is 11.2 Å². The molecule has 0 saturated heterocycles. The molecule has 1 heterocycles. The molecule has 1 aromatic carbocycles. The number of hydrogen-bond donors (Lipinski definition) is 1. The Bertz CT molecular complexity index is 1080. The molecule has 2 bridgehead atoms. The minimum absolute atomic E-state index is 0.0624. The van der Waals surface area contributed by atoms with Crippen LogP contribution in [0.5, 0.6) is 0 Å². The van der Waals surface area contributed by atoms with E-state index in [1.54, 1.807) is 6.07 Å². The van der Waals surface area contributed by atoms with Crippen molar-refractivity contribution in [3.8, 4) is 0 Å². The molecule has 1 aromatic heterocycles. The third-order valence-electron chi connectivity index (χ3n) is 5.64. The lowest BCUT2D eigenvalue weighted by Gasteiger charge is -2.45. The van der Waals surface area contributed by atoms with Gasteiger partial charge in [0.1, 0.15) is 5.54 Å². The third kappa shape index (κ3) is 3.20. The van der Waals surface area contributed by atoms with Crippen LogP contribution in [0.15, 0.2) is 81.6 Å². The molecule has 0 saturated carbocycles. The lowest BCUT2D eigenvalue weighted by molar-refractivity contribution is 0.413. The molecule has 142 valence electrons. The molecule has 4 rings (SSSR count). The first kappa shape index (κ1) is 18.7. The summed E-state index contributed by atoms with van der Waals surface area (Å²) in [6.07, 6.45) is 9.76. The quantitative estimate of drug-likeness (QED) is 0.554. The van der Waals surface area contributed by atoms with Crippen molar-refractivity contribution >= 4 is 22.8 Å². The number of rotatable bonds is 3. The highest BCUT2D eigenvalue weighted by Crippen LogP contribution is 2.51. The van der Waals surface area contributed by atoms with E-state index in [4.69, 9.17) is 16.6 Å². The number of aromatic amines is 1. The molecule has 2 unspecified atom stereocenters. The summed E-state index contributed by atoms with van der Waals surface area (Å²) >= 11 is 6.47. The molecule has 0 spiro atoms. The van der Waals surface area contributed by atoms with Crippen molar-refractivity contribution in [2.24, 2.45) is 10.9 Å². The highest BCUT2D eigenvalue weighted by atomic mass is 35.5. The van der Waals surface area contributed by atoms with E-state index in [0.29, 0.717) is 5.03 Å². The largest absolute Gasteiger partial charge is 0.326 e. The fraction of sp³-hybridized carbons (Fsp3) is 0.250. The number of aliphatic imine (C=N–C) groups is 1. The van der Waals surface area contributed by atoms with E-state index in [9.17, 15) is 4.79 Å². The van der Waals surface area contributed by atoms with Gasteiger partial charge in [-0.25, -0.2) is 0 Å². The van der Waals surface area contributed by atoms with Crippen molar-refractivity contribution in [3.05, 3.63) is 99.0 Å². The topological polar surface area (TPSA) is 45.2 Å². The number of hydrogen-bond acceptors (Lipinski definition) is 2. The van der Waals surface area contributed by atoms with Crippen LogP contribution in [0.25, 0.3) is 5.03 Å². The van der Waals surface area contributed by atoms with Crippen LogP contribution in [0.2, 0.25) is 0 Å². The Labute approximate surface area is 170 Å². The normalized spacial score (nSPS) is 25.7. The molecule has 0 amide bonds. The van der Waals surface area contributed by atoms with E-state index in [0.717, 1.165) is 29.7 Å². The fourth-order valence-electron chi connectivity index (χ4n) is 4.58. The number of allylic oxidation sites excluding steroid dienone is 3. The number of pyridine rings is 1. The van der Waals surface area contributed by atoms with Gasteiger partial charge < -0.3 is 4.98 Å². The lowest BCUT2D eigenvalue weighted by atomic mass is 9.63. The average molecular weight is 391 g/mol. The highest BCUT2D eigenvalue weighted by molar-refractivity contribution is 6.49. The molecule has 2 aliphatic carbocycles. The van der Waals surface area contributed by atoms with Gasteiger partial charge in [-0.2, -0.15) is 0 Å². The van der Waals surface area contributed by atoms with Gasteiger partial charge in [-0.05, 0) is 43.5 Å². The number of fused-ring (bicyclic) bond motifs is 4. The Hall–Kier alpha value is -2.65. The van der Waals surface area contributed by atoms with Gasteiger partial charge in [0.2, 0.25) is 5.56 Å². The van der Waals surface area contributed by atoms with Crippen molar-refractivity contribution in [3.63, 3.8) is 0 Å². The standard InChI is InChI=1S/C24H23ClN2O/c1-3-19-18-13-16(2)15-24(19,20-9-10-23(28)27-22(20)14-18)26-12-11-21(25)17-7-5-4-6-8-17/h3-13,18H,14-15H2,1-2H3,(H,27,28)/b19-3+,21-11-,26-12+. The van der Waals surface area contributed by atoms with E-state index < -0.39 is 5.54 Å². The maximum Gasteiger partial charge on any atom is 0.248 e. The molecular weight excluding hydrogens is 368 g/mol. The van der Waals surface area contributed by atoms with Crippen molar-refractivity contribution < 1.29 is 0 Å². The van der Waals surface area contributed by atoms with Crippen LogP contribution in [0, 0.1) is 5.92 Å². The van der Waals surface area contributed by atoms with Gasteiger partial charge in [0, 0.05) is 40.9 Å². The Morgan fingerprint density at radius 2 is 2.04 bits per heavy atom. The van der Waals surface area contributed by atoms with E-state index in [2.05, 4.69) is 31.0 Å². The molecule has 2 atom stereocenters. The first-order chi connectivity index (χ1) is 13.5. The van der Waals surface area contributed by atoms with Gasteiger partial charge in [0.05, 0.1) is 0 Å². The fourth-order valence-corrected chi connectivity index (χ4v) is 4.76. The summed E-state index contributed by atoms with van der Waals surface area (Å²) in [4.78, 5) is 20.0. The SMILES string of the molecule is C/C=C1\C2C=C(C)CC1(/N=C/C=C(\Cl)c1ccccc1)c1ccc(=O)[nH]c1C2. The van der Waals surface area contributed by atoms with Gasteiger partial charge in [0.25, 0.3) is 0 Å². The van der Waals surface area contributed by atoms with Crippen molar-refractivity contribution in [1.82, 2.24) is 4.98 Å². The molecule has 2 aromatic rings. The lowest BCUT2D eigenvalue weighted by Crippen LogP contribution is -2.40. The third-order valence-corrected chi connectivity index (χ3v) is 5.99. The van der Waals surface area contributed by atoms with Gasteiger partial charge in [-0.15, -0.1) is 0 Å². The summed E-state index contributed by atoms with van der Waals surface area (Å²) < 4.78 is 0. The predicted octanol–water partition coefficient (Wildman–Crippen LogP) is 5.39. The van der Waals surface area contributed by atoms with Gasteiger partial charge in [-0.1, -0.05) is 59.7 Å². The smallest absolute Gasteiger partial charge is 0.248 e. The summed E-state index contributed by atoms with van der Waals surface area (Å²) in [6, 6.07) is 13.4. The summed E-state index contributed by atoms with van der Waals surface area (Å²) in [7, 11) is 0. The summed E-state index contributed by atoms with van der Waals surface area (Å²) in [6.45, 7) is 4.23. The first-order valence-electron chi connectivity index (χ1n) is 9.56. The van der Waals surface area contributed by atoms with Crippen molar-refractivity contribution in [2.75, 3.05) is 0 Å². The second-order valence-corrected chi connectivity index (χ2v) is 7.89. The molecule has 3 nitrogen and oxygen atoms in total.